The first kappa shape index (κ1) is 12.5. The van der Waals surface area contributed by atoms with Crippen LogP contribution in [0, 0.1) is 13.8 Å². The summed E-state index contributed by atoms with van der Waals surface area (Å²) in [6.45, 7) is 9.58. The van der Waals surface area contributed by atoms with E-state index < -0.39 is 0 Å². The first-order valence-corrected chi connectivity index (χ1v) is 5.94. The molecule has 1 aromatic rings. The van der Waals surface area contributed by atoms with E-state index in [4.69, 9.17) is 11.6 Å². The normalized spacial score (nSPS) is 12.9. The predicted molar refractivity (Wildman–Crippen MR) is 67.6 cm³/mol. The molecule has 0 amide bonds. The average Bonchev–Trinajstić information content (AvgIpc) is 2.20. The van der Waals surface area contributed by atoms with Crippen molar-refractivity contribution in [2.45, 2.75) is 40.2 Å². The van der Waals surface area contributed by atoms with Crippen molar-refractivity contribution in [3.05, 3.63) is 33.8 Å². The lowest BCUT2D eigenvalue weighted by atomic mass is 10.0. The van der Waals surface area contributed by atoms with E-state index in [0.717, 1.165) is 18.0 Å². The van der Waals surface area contributed by atoms with Gasteiger partial charge in [-0.05, 0) is 56.5 Å². The van der Waals surface area contributed by atoms with Crippen molar-refractivity contribution in [2.24, 2.45) is 0 Å². The molecule has 0 heterocycles. The zero-order chi connectivity index (χ0) is 11.4. The van der Waals surface area contributed by atoms with Gasteiger partial charge in [0.15, 0.2) is 0 Å². The number of rotatable bonds is 4. The lowest BCUT2D eigenvalue weighted by Crippen LogP contribution is -2.19. The summed E-state index contributed by atoms with van der Waals surface area (Å²) in [5.74, 6) is 0. The predicted octanol–water partition coefficient (Wildman–Crippen LogP) is 4.02. The van der Waals surface area contributed by atoms with Crippen LogP contribution in [-0.2, 0) is 0 Å². The van der Waals surface area contributed by atoms with E-state index >= 15 is 0 Å². The molecule has 1 rings (SSSR count). The zero-order valence-corrected chi connectivity index (χ0v) is 10.8. The molecular weight excluding hydrogens is 206 g/mol. The molecule has 0 aliphatic rings. The summed E-state index contributed by atoms with van der Waals surface area (Å²) in [7, 11) is 0. The summed E-state index contributed by atoms with van der Waals surface area (Å²) in [5, 5.41) is 4.32. The van der Waals surface area contributed by atoms with Crippen molar-refractivity contribution in [1.29, 1.82) is 0 Å². The van der Waals surface area contributed by atoms with Crippen LogP contribution in [-0.4, -0.2) is 6.54 Å². The summed E-state index contributed by atoms with van der Waals surface area (Å²) in [6.07, 6.45) is 1.15. The van der Waals surface area contributed by atoms with Crippen molar-refractivity contribution < 1.29 is 0 Å². The third-order valence-corrected chi connectivity index (χ3v) is 3.11. The van der Waals surface area contributed by atoms with Crippen molar-refractivity contribution in [3.8, 4) is 0 Å². The Morgan fingerprint density at radius 2 is 1.87 bits per heavy atom. The number of nitrogens with one attached hydrogen (secondary N) is 1. The summed E-state index contributed by atoms with van der Waals surface area (Å²) >= 11 is 6.24. The Labute approximate surface area is 97.8 Å². The summed E-state index contributed by atoms with van der Waals surface area (Å²) in [6, 6.07) is 4.57. The molecule has 0 saturated heterocycles. The third kappa shape index (κ3) is 3.22. The maximum Gasteiger partial charge on any atom is 0.0456 e. The Balaban J connectivity index is 2.88. The Kier molecular flexibility index (Phi) is 4.62. The minimum absolute atomic E-state index is 0.330. The maximum atomic E-state index is 6.24. The second-order valence-electron chi connectivity index (χ2n) is 4.13. The molecular formula is C13H20ClN. The maximum absolute atomic E-state index is 6.24. The second-order valence-corrected chi connectivity index (χ2v) is 4.54. The standard InChI is InChI=1S/C13H20ClN/c1-5-6-15-11(4)12-7-9(2)10(3)8-13(12)14/h7-8,11,15H,5-6H2,1-4H3. The van der Waals surface area contributed by atoms with Crippen LogP contribution < -0.4 is 5.32 Å². The number of hydrogen-bond acceptors (Lipinski definition) is 1. The Morgan fingerprint density at radius 1 is 1.27 bits per heavy atom. The van der Waals surface area contributed by atoms with E-state index in [2.05, 4.69) is 45.1 Å². The van der Waals surface area contributed by atoms with Crippen LogP contribution in [0.5, 0.6) is 0 Å². The van der Waals surface area contributed by atoms with Crippen molar-refractivity contribution in [1.82, 2.24) is 5.32 Å². The van der Waals surface area contributed by atoms with Gasteiger partial charge in [-0.25, -0.2) is 0 Å². The van der Waals surface area contributed by atoms with Crippen LogP contribution in [0.1, 0.15) is 43.0 Å². The number of hydrogen-bond donors (Lipinski definition) is 1. The summed E-state index contributed by atoms with van der Waals surface area (Å²) < 4.78 is 0. The fourth-order valence-corrected chi connectivity index (χ4v) is 1.99. The molecule has 15 heavy (non-hydrogen) atoms. The van der Waals surface area contributed by atoms with Crippen molar-refractivity contribution in [2.75, 3.05) is 6.54 Å². The van der Waals surface area contributed by atoms with Crippen LogP contribution in [0.4, 0.5) is 0 Å². The Hall–Kier alpha value is -0.530. The third-order valence-electron chi connectivity index (χ3n) is 2.78. The van der Waals surface area contributed by atoms with Gasteiger partial charge in [0.1, 0.15) is 0 Å². The van der Waals surface area contributed by atoms with Gasteiger partial charge in [-0.1, -0.05) is 24.6 Å². The highest BCUT2D eigenvalue weighted by Crippen LogP contribution is 2.26. The van der Waals surface area contributed by atoms with E-state index in [1.807, 2.05) is 0 Å². The van der Waals surface area contributed by atoms with E-state index in [-0.39, 0.29) is 0 Å². The molecule has 0 fully saturated rings. The second kappa shape index (κ2) is 5.53. The monoisotopic (exact) mass is 225 g/mol. The van der Waals surface area contributed by atoms with Gasteiger partial charge in [0.25, 0.3) is 0 Å². The summed E-state index contributed by atoms with van der Waals surface area (Å²) in [4.78, 5) is 0. The lowest BCUT2D eigenvalue weighted by molar-refractivity contribution is 0.570. The van der Waals surface area contributed by atoms with Gasteiger partial charge in [-0.15, -0.1) is 0 Å². The minimum atomic E-state index is 0.330. The zero-order valence-electron chi connectivity index (χ0n) is 10.0. The van der Waals surface area contributed by atoms with E-state index in [1.165, 1.54) is 16.7 Å². The SMILES string of the molecule is CCCNC(C)c1cc(C)c(C)cc1Cl. The fourth-order valence-electron chi connectivity index (χ4n) is 1.61. The highest BCUT2D eigenvalue weighted by Gasteiger charge is 2.09. The molecule has 0 aromatic heterocycles. The van der Waals surface area contributed by atoms with Crippen LogP contribution in [0.3, 0.4) is 0 Å². The highest BCUT2D eigenvalue weighted by atomic mass is 35.5. The molecule has 0 aliphatic carbocycles. The molecule has 1 nitrogen and oxygen atoms in total. The minimum Gasteiger partial charge on any atom is -0.310 e. The van der Waals surface area contributed by atoms with E-state index in [0.29, 0.717) is 6.04 Å². The lowest BCUT2D eigenvalue weighted by Gasteiger charge is -2.16. The Morgan fingerprint density at radius 3 is 2.47 bits per heavy atom. The molecule has 1 atom stereocenters. The highest BCUT2D eigenvalue weighted by molar-refractivity contribution is 6.31. The van der Waals surface area contributed by atoms with Crippen LogP contribution in [0.2, 0.25) is 5.02 Å². The molecule has 0 bridgehead atoms. The molecule has 1 N–H and O–H groups in total. The van der Waals surface area contributed by atoms with Gasteiger partial charge >= 0.3 is 0 Å². The van der Waals surface area contributed by atoms with Gasteiger partial charge in [0.05, 0.1) is 0 Å². The molecule has 2 heteroatoms. The number of halogens is 1. The summed E-state index contributed by atoms with van der Waals surface area (Å²) in [5.41, 5.74) is 3.76. The molecule has 0 spiro atoms. The van der Waals surface area contributed by atoms with Crippen LogP contribution >= 0.6 is 11.6 Å². The van der Waals surface area contributed by atoms with Gasteiger partial charge in [0, 0.05) is 11.1 Å². The first-order chi connectivity index (χ1) is 7.06. The molecule has 1 unspecified atom stereocenters. The largest absolute Gasteiger partial charge is 0.310 e. The average molecular weight is 226 g/mol. The van der Waals surface area contributed by atoms with Crippen LogP contribution in [0.25, 0.3) is 0 Å². The van der Waals surface area contributed by atoms with Crippen molar-refractivity contribution >= 4 is 11.6 Å². The van der Waals surface area contributed by atoms with Crippen molar-refractivity contribution in [3.63, 3.8) is 0 Å². The topological polar surface area (TPSA) is 12.0 Å². The molecule has 1 aromatic carbocycles. The van der Waals surface area contributed by atoms with Gasteiger partial charge in [0.2, 0.25) is 0 Å². The molecule has 0 radical (unpaired) electrons. The fraction of sp³-hybridized carbons (Fsp3) is 0.538. The first-order valence-electron chi connectivity index (χ1n) is 5.56. The smallest absolute Gasteiger partial charge is 0.0456 e. The number of benzene rings is 1. The van der Waals surface area contributed by atoms with E-state index in [9.17, 15) is 0 Å². The molecule has 84 valence electrons. The quantitative estimate of drug-likeness (QED) is 0.816. The van der Waals surface area contributed by atoms with Gasteiger partial charge in [-0.3, -0.25) is 0 Å². The van der Waals surface area contributed by atoms with E-state index in [1.54, 1.807) is 0 Å². The van der Waals surface area contributed by atoms with Crippen LogP contribution in [0.15, 0.2) is 12.1 Å². The Bertz CT molecular complexity index is 334. The van der Waals surface area contributed by atoms with Gasteiger partial charge in [-0.2, -0.15) is 0 Å². The molecule has 0 saturated carbocycles. The molecule has 0 aliphatic heterocycles. The number of aryl methyl sites for hydroxylation is 2. The van der Waals surface area contributed by atoms with Gasteiger partial charge < -0.3 is 5.32 Å².